The molecule has 32 heavy (non-hydrogen) atoms. The lowest BCUT2D eigenvalue weighted by Gasteiger charge is -2.29. The summed E-state index contributed by atoms with van der Waals surface area (Å²) in [6.45, 7) is 4.54. The van der Waals surface area contributed by atoms with Gasteiger partial charge in [0.2, 0.25) is 10.0 Å². The van der Waals surface area contributed by atoms with Crippen LogP contribution in [0.1, 0.15) is 46.5 Å². The van der Waals surface area contributed by atoms with Gasteiger partial charge in [-0.05, 0) is 68.7 Å². The maximum Gasteiger partial charge on any atom is 0.338 e. The largest absolute Gasteiger partial charge is 0.490 e. The molecule has 172 valence electrons. The van der Waals surface area contributed by atoms with Gasteiger partial charge in [-0.25, -0.2) is 13.2 Å². The Bertz CT molecular complexity index is 1110. The van der Waals surface area contributed by atoms with Gasteiger partial charge < -0.3 is 14.2 Å². The molecule has 1 aliphatic heterocycles. The molecule has 0 aliphatic carbocycles. The fourth-order valence-electron chi connectivity index (χ4n) is 3.56. The van der Waals surface area contributed by atoms with Crippen LogP contribution in [-0.2, 0) is 21.2 Å². The van der Waals surface area contributed by atoms with Crippen molar-refractivity contribution in [2.24, 2.45) is 0 Å². The van der Waals surface area contributed by atoms with Crippen molar-refractivity contribution in [1.29, 1.82) is 0 Å². The van der Waals surface area contributed by atoms with Crippen molar-refractivity contribution in [3.63, 3.8) is 0 Å². The number of carbonyl (C=O) groups excluding carboxylic acids is 2. The number of sulfonamides is 1. The first-order valence-corrected chi connectivity index (χ1v) is 12.3. The fraction of sp³-hybridized carbons (Fsp3) is 0.391. The Morgan fingerprint density at radius 2 is 1.66 bits per heavy atom. The Morgan fingerprint density at radius 1 is 0.969 bits per heavy atom. The minimum absolute atomic E-state index is 0.249. The van der Waals surface area contributed by atoms with Gasteiger partial charge in [-0.15, -0.1) is 0 Å². The molecule has 0 saturated heterocycles. The van der Waals surface area contributed by atoms with E-state index >= 15 is 0 Å². The number of ether oxygens (including phenoxy) is 3. The lowest BCUT2D eigenvalue weighted by Crippen LogP contribution is -2.34. The first-order valence-electron chi connectivity index (χ1n) is 10.4. The Balaban J connectivity index is 1.69. The molecule has 0 bridgehead atoms. The summed E-state index contributed by atoms with van der Waals surface area (Å²) in [6, 6.07) is 9.57. The lowest BCUT2D eigenvalue weighted by molar-refractivity contribution is 0.0474. The third-order valence-electron chi connectivity index (χ3n) is 4.99. The standard InChI is InChI=1S/C23H27NO7S/c1-4-29-21-11-9-18(14-22(21)30-5-2)23(26)31-15-20(25)17-8-10-19-16(13-17)7-6-12-24(19)32(3,27)28/h8-11,13-14H,4-7,12,15H2,1-3H3. The highest BCUT2D eigenvalue weighted by molar-refractivity contribution is 7.92. The average Bonchev–Trinajstić information content (AvgIpc) is 2.77. The minimum atomic E-state index is -3.38. The molecule has 2 aromatic carbocycles. The highest BCUT2D eigenvalue weighted by Crippen LogP contribution is 2.31. The molecule has 3 rings (SSSR count). The van der Waals surface area contributed by atoms with Crippen LogP contribution >= 0.6 is 0 Å². The molecule has 0 spiro atoms. The molecular weight excluding hydrogens is 434 g/mol. The van der Waals surface area contributed by atoms with E-state index in [9.17, 15) is 18.0 Å². The molecule has 0 radical (unpaired) electrons. The molecule has 0 atom stereocenters. The van der Waals surface area contributed by atoms with Crippen molar-refractivity contribution in [3.8, 4) is 11.5 Å². The zero-order valence-electron chi connectivity index (χ0n) is 18.4. The number of hydrogen-bond acceptors (Lipinski definition) is 7. The third kappa shape index (κ3) is 5.40. The summed E-state index contributed by atoms with van der Waals surface area (Å²) in [5.41, 5.74) is 1.99. The quantitative estimate of drug-likeness (QED) is 0.418. The molecule has 2 aromatic rings. The topological polar surface area (TPSA) is 99.2 Å². The van der Waals surface area contributed by atoms with Crippen LogP contribution in [0.2, 0.25) is 0 Å². The molecule has 8 nitrogen and oxygen atoms in total. The Labute approximate surface area is 188 Å². The van der Waals surface area contributed by atoms with E-state index in [-0.39, 0.29) is 11.3 Å². The van der Waals surface area contributed by atoms with Gasteiger partial charge in [-0.2, -0.15) is 0 Å². The maximum atomic E-state index is 12.6. The summed E-state index contributed by atoms with van der Waals surface area (Å²) in [7, 11) is -3.38. The van der Waals surface area contributed by atoms with Gasteiger partial charge >= 0.3 is 5.97 Å². The van der Waals surface area contributed by atoms with E-state index in [4.69, 9.17) is 14.2 Å². The summed E-state index contributed by atoms with van der Waals surface area (Å²) in [4.78, 5) is 25.0. The first-order chi connectivity index (χ1) is 15.2. The second kappa shape index (κ2) is 10.0. The highest BCUT2D eigenvalue weighted by Gasteiger charge is 2.25. The molecule has 0 fully saturated rings. The van der Waals surface area contributed by atoms with E-state index in [2.05, 4.69) is 0 Å². The van der Waals surface area contributed by atoms with Gasteiger partial charge in [0.1, 0.15) is 0 Å². The van der Waals surface area contributed by atoms with Crippen LogP contribution in [0.5, 0.6) is 11.5 Å². The van der Waals surface area contributed by atoms with Gasteiger partial charge in [0.25, 0.3) is 0 Å². The van der Waals surface area contributed by atoms with Crippen molar-refractivity contribution in [2.45, 2.75) is 26.7 Å². The van der Waals surface area contributed by atoms with Crippen LogP contribution < -0.4 is 13.8 Å². The number of nitrogens with zero attached hydrogens (tertiary/aromatic N) is 1. The average molecular weight is 462 g/mol. The van der Waals surface area contributed by atoms with Gasteiger partial charge in [0, 0.05) is 12.1 Å². The van der Waals surface area contributed by atoms with E-state index in [1.165, 1.54) is 16.6 Å². The predicted octanol–water partition coefficient (Wildman–Crippen LogP) is 3.24. The zero-order chi connectivity index (χ0) is 23.3. The number of ketones is 1. The molecule has 1 heterocycles. The van der Waals surface area contributed by atoms with Crippen molar-refractivity contribution in [3.05, 3.63) is 53.1 Å². The number of rotatable bonds is 9. The molecule has 0 unspecified atom stereocenters. The minimum Gasteiger partial charge on any atom is -0.490 e. The zero-order valence-corrected chi connectivity index (χ0v) is 19.2. The van der Waals surface area contributed by atoms with Gasteiger partial charge in [-0.3, -0.25) is 9.10 Å². The molecular formula is C23H27NO7S. The highest BCUT2D eigenvalue weighted by atomic mass is 32.2. The number of fused-ring (bicyclic) bond motifs is 1. The van der Waals surface area contributed by atoms with Gasteiger partial charge in [0.15, 0.2) is 23.9 Å². The number of Topliss-reactive ketones (excluding diaryl/α,β-unsaturated/α-hetero) is 1. The van der Waals surface area contributed by atoms with Crippen LogP contribution in [-0.4, -0.2) is 52.8 Å². The molecule has 0 aromatic heterocycles. The monoisotopic (exact) mass is 461 g/mol. The van der Waals surface area contributed by atoms with Crippen LogP contribution in [0.4, 0.5) is 5.69 Å². The number of hydrogen-bond donors (Lipinski definition) is 0. The molecule has 0 N–H and O–H groups in total. The fourth-order valence-corrected chi connectivity index (χ4v) is 4.55. The van der Waals surface area contributed by atoms with Crippen LogP contribution in [0.3, 0.4) is 0 Å². The summed E-state index contributed by atoms with van der Waals surface area (Å²) in [6.07, 6.45) is 2.51. The molecule has 9 heteroatoms. The van der Waals surface area contributed by atoms with Crippen molar-refractivity contribution >= 4 is 27.5 Å². The van der Waals surface area contributed by atoms with Crippen molar-refractivity contribution in [2.75, 3.05) is 36.9 Å². The number of aryl methyl sites for hydroxylation is 1. The summed E-state index contributed by atoms with van der Waals surface area (Å²) < 4.78 is 41.5. The van der Waals surface area contributed by atoms with E-state index in [0.29, 0.717) is 55.4 Å². The second-order valence-corrected chi connectivity index (χ2v) is 9.22. The molecule has 1 aliphatic rings. The summed E-state index contributed by atoms with van der Waals surface area (Å²) in [5.74, 6) is -0.0587. The van der Waals surface area contributed by atoms with E-state index in [0.717, 1.165) is 5.56 Å². The van der Waals surface area contributed by atoms with E-state index in [1.807, 2.05) is 13.8 Å². The third-order valence-corrected chi connectivity index (χ3v) is 6.17. The smallest absolute Gasteiger partial charge is 0.338 e. The Kier molecular flexibility index (Phi) is 7.40. The Morgan fingerprint density at radius 3 is 2.34 bits per heavy atom. The van der Waals surface area contributed by atoms with Crippen molar-refractivity contribution in [1.82, 2.24) is 0 Å². The van der Waals surface area contributed by atoms with Crippen LogP contribution in [0, 0.1) is 0 Å². The SMILES string of the molecule is CCOc1ccc(C(=O)OCC(=O)c2ccc3c(c2)CCCN3S(C)(=O)=O)cc1OCC. The second-order valence-electron chi connectivity index (χ2n) is 7.31. The number of anilines is 1. The molecule has 0 amide bonds. The number of benzene rings is 2. The predicted molar refractivity (Wildman–Crippen MR) is 120 cm³/mol. The van der Waals surface area contributed by atoms with Gasteiger partial charge in [0.05, 0.1) is 30.7 Å². The Hall–Kier alpha value is -3.07. The summed E-state index contributed by atoms with van der Waals surface area (Å²) >= 11 is 0. The first kappa shape index (κ1) is 23.6. The normalized spacial score (nSPS) is 13.3. The van der Waals surface area contributed by atoms with Crippen LogP contribution in [0.25, 0.3) is 0 Å². The van der Waals surface area contributed by atoms with E-state index in [1.54, 1.807) is 30.3 Å². The lowest BCUT2D eigenvalue weighted by atomic mass is 9.99. The van der Waals surface area contributed by atoms with Crippen molar-refractivity contribution < 1.29 is 32.2 Å². The number of esters is 1. The molecule has 0 saturated carbocycles. The maximum absolute atomic E-state index is 12.6. The van der Waals surface area contributed by atoms with E-state index < -0.39 is 22.6 Å². The number of carbonyl (C=O) groups is 2. The van der Waals surface area contributed by atoms with Gasteiger partial charge in [-0.1, -0.05) is 0 Å². The van der Waals surface area contributed by atoms with Crippen LogP contribution in [0.15, 0.2) is 36.4 Å². The summed E-state index contributed by atoms with van der Waals surface area (Å²) in [5, 5.41) is 0.